The highest BCUT2D eigenvalue weighted by Gasteiger charge is 2.61. The Kier molecular flexibility index (Phi) is 3.94. The predicted octanol–water partition coefficient (Wildman–Crippen LogP) is 2.69. The summed E-state index contributed by atoms with van der Waals surface area (Å²) < 4.78 is 0. The molecule has 0 unspecified atom stereocenters. The van der Waals surface area contributed by atoms with Crippen LogP contribution in [0.4, 0.5) is 0 Å². The van der Waals surface area contributed by atoms with E-state index in [0.717, 1.165) is 41.3 Å². The van der Waals surface area contributed by atoms with Gasteiger partial charge in [-0.15, -0.1) is 11.3 Å². The van der Waals surface area contributed by atoms with Gasteiger partial charge in [-0.1, -0.05) is 6.92 Å². The second-order valence-electron chi connectivity index (χ2n) is 8.22. The fourth-order valence-electron chi connectivity index (χ4n) is 5.69. The lowest BCUT2D eigenvalue weighted by Crippen LogP contribution is -2.57. The first-order valence-electron chi connectivity index (χ1n) is 9.32. The molecule has 3 heterocycles. The standard InChI is InChI=1S/C19H27N3O2S/c1-11-15(25-12(2)20-11)8-18(24)22-14-9-19(4)16(6-5-7-17(19)22)21(10-14)13(3)23/h14,16-17H,5-10H2,1-4H3/t14-,16+,17-,19+/m0/s1. The van der Waals surface area contributed by atoms with Gasteiger partial charge in [0.25, 0.3) is 0 Å². The largest absolute Gasteiger partial charge is 0.337 e. The third kappa shape index (κ3) is 2.52. The second-order valence-corrected chi connectivity index (χ2v) is 9.50. The number of hydrogen-bond acceptors (Lipinski definition) is 4. The van der Waals surface area contributed by atoms with E-state index >= 15 is 0 Å². The maximum absolute atomic E-state index is 13.2. The number of thiazole rings is 1. The first-order chi connectivity index (χ1) is 11.8. The number of amides is 2. The molecule has 2 saturated heterocycles. The summed E-state index contributed by atoms with van der Waals surface area (Å²) in [5.41, 5.74) is 1.04. The minimum atomic E-state index is 0.0567. The zero-order valence-electron chi connectivity index (χ0n) is 15.5. The van der Waals surface area contributed by atoms with Gasteiger partial charge in [0.1, 0.15) is 0 Å². The van der Waals surface area contributed by atoms with E-state index in [4.69, 9.17) is 0 Å². The van der Waals surface area contributed by atoms with Gasteiger partial charge in [-0.05, 0) is 39.5 Å². The Balaban J connectivity index is 1.63. The van der Waals surface area contributed by atoms with Gasteiger partial charge in [-0.3, -0.25) is 9.59 Å². The molecule has 4 atom stereocenters. The number of likely N-dealkylation sites (tertiary alicyclic amines) is 2. The van der Waals surface area contributed by atoms with E-state index in [1.165, 1.54) is 0 Å². The summed E-state index contributed by atoms with van der Waals surface area (Å²) >= 11 is 1.63. The average Bonchev–Trinajstić information content (AvgIpc) is 3.00. The Morgan fingerprint density at radius 1 is 1.28 bits per heavy atom. The SMILES string of the molecule is CC(=O)N1C[C@@H]2C[C@@]3(C)[C@H](CCC[C@@H]13)N2C(=O)Cc1sc(C)nc1C. The van der Waals surface area contributed by atoms with Gasteiger partial charge < -0.3 is 9.80 Å². The molecule has 3 fully saturated rings. The Morgan fingerprint density at radius 2 is 2.00 bits per heavy atom. The Morgan fingerprint density at radius 3 is 2.64 bits per heavy atom. The van der Waals surface area contributed by atoms with E-state index in [2.05, 4.69) is 21.7 Å². The van der Waals surface area contributed by atoms with E-state index in [-0.39, 0.29) is 29.3 Å². The van der Waals surface area contributed by atoms with E-state index in [1.54, 1.807) is 18.3 Å². The van der Waals surface area contributed by atoms with Crippen molar-refractivity contribution in [2.24, 2.45) is 5.41 Å². The van der Waals surface area contributed by atoms with Crippen LogP contribution in [0.15, 0.2) is 0 Å². The van der Waals surface area contributed by atoms with Crippen LogP contribution in [0.1, 0.15) is 55.1 Å². The van der Waals surface area contributed by atoms with Crippen molar-refractivity contribution in [2.75, 3.05) is 6.54 Å². The summed E-state index contributed by atoms with van der Waals surface area (Å²) in [6, 6.07) is 0.752. The van der Waals surface area contributed by atoms with Crippen LogP contribution < -0.4 is 0 Å². The van der Waals surface area contributed by atoms with Crippen molar-refractivity contribution in [1.29, 1.82) is 0 Å². The number of rotatable bonds is 2. The zero-order chi connectivity index (χ0) is 17.9. The number of carbonyl (C=O) groups excluding carboxylic acids is 2. The van der Waals surface area contributed by atoms with Crippen LogP contribution >= 0.6 is 11.3 Å². The fourth-order valence-corrected chi connectivity index (χ4v) is 6.61. The minimum Gasteiger partial charge on any atom is -0.337 e. The molecule has 0 N–H and O–H groups in total. The monoisotopic (exact) mass is 361 g/mol. The van der Waals surface area contributed by atoms with E-state index in [9.17, 15) is 9.59 Å². The number of aryl methyl sites for hydroxylation is 2. The molecule has 4 rings (SSSR count). The number of aromatic nitrogens is 1. The topological polar surface area (TPSA) is 53.5 Å². The van der Waals surface area contributed by atoms with Crippen LogP contribution in [0, 0.1) is 19.3 Å². The molecule has 5 nitrogen and oxygen atoms in total. The lowest BCUT2D eigenvalue weighted by Gasteiger charge is -2.49. The molecule has 2 bridgehead atoms. The highest BCUT2D eigenvalue weighted by atomic mass is 32.1. The third-order valence-corrected chi connectivity index (χ3v) is 7.74. The van der Waals surface area contributed by atoms with Crippen molar-refractivity contribution >= 4 is 23.2 Å². The zero-order valence-corrected chi connectivity index (χ0v) is 16.4. The number of nitrogens with zero attached hydrogens (tertiary/aromatic N) is 3. The highest BCUT2D eigenvalue weighted by Crippen LogP contribution is 2.54. The van der Waals surface area contributed by atoms with Gasteiger partial charge in [-0.25, -0.2) is 4.98 Å². The van der Waals surface area contributed by atoms with Crippen molar-refractivity contribution in [2.45, 2.75) is 77.9 Å². The lowest BCUT2D eigenvalue weighted by molar-refractivity contribution is -0.137. The molecule has 2 aliphatic heterocycles. The normalized spacial score (nSPS) is 33.7. The van der Waals surface area contributed by atoms with Crippen LogP contribution in [0.2, 0.25) is 0 Å². The van der Waals surface area contributed by atoms with Gasteiger partial charge in [0.15, 0.2) is 0 Å². The van der Waals surface area contributed by atoms with Crippen LogP contribution in [-0.2, 0) is 16.0 Å². The maximum Gasteiger partial charge on any atom is 0.228 e. The van der Waals surface area contributed by atoms with Crippen LogP contribution in [0.25, 0.3) is 0 Å². The molecule has 0 aromatic carbocycles. The van der Waals surface area contributed by atoms with E-state index < -0.39 is 0 Å². The van der Waals surface area contributed by atoms with Crippen LogP contribution in [-0.4, -0.2) is 51.3 Å². The molecule has 1 aliphatic carbocycles. The highest BCUT2D eigenvalue weighted by molar-refractivity contribution is 7.11. The molecule has 2 amide bonds. The smallest absolute Gasteiger partial charge is 0.228 e. The average molecular weight is 362 g/mol. The molecule has 1 aromatic heterocycles. The Labute approximate surface area is 153 Å². The van der Waals surface area contributed by atoms with Crippen molar-refractivity contribution in [3.63, 3.8) is 0 Å². The van der Waals surface area contributed by atoms with Gasteiger partial charge in [0.2, 0.25) is 11.8 Å². The minimum absolute atomic E-state index is 0.0567. The summed E-state index contributed by atoms with van der Waals surface area (Å²) in [4.78, 5) is 35.2. The first kappa shape index (κ1) is 17.0. The molecule has 25 heavy (non-hydrogen) atoms. The third-order valence-electron chi connectivity index (χ3n) is 6.67. The van der Waals surface area contributed by atoms with Crippen molar-refractivity contribution in [1.82, 2.24) is 14.8 Å². The summed E-state index contributed by atoms with van der Waals surface area (Å²) in [5, 5.41) is 1.02. The summed E-state index contributed by atoms with van der Waals surface area (Å²) in [7, 11) is 0. The quantitative estimate of drug-likeness (QED) is 0.814. The van der Waals surface area contributed by atoms with E-state index in [1.807, 2.05) is 13.8 Å². The fraction of sp³-hybridized carbons (Fsp3) is 0.737. The van der Waals surface area contributed by atoms with Crippen LogP contribution in [0.5, 0.6) is 0 Å². The maximum atomic E-state index is 13.2. The molecular weight excluding hydrogens is 334 g/mol. The molecule has 1 aromatic rings. The number of hydrogen-bond donors (Lipinski definition) is 0. The van der Waals surface area contributed by atoms with Crippen molar-refractivity contribution in [3.8, 4) is 0 Å². The van der Waals surface area contributed by atoms with Gasteiger partial charge in [-0.2, -0.15) is 0 Å². The van der Waals surface area contributed by atoms with Gasteiger partial charge >= 0.3 is 0 Å². The molecule has 6 heteroatoms. The van der Waals surface area contributed by atoms with Crippen molar-refractivity contribution < 1.29 is 9.59 Å². The van der Waals surface area contributed by atoms with Gasteiger partial charge in [0.05, 0.1) is 23.2 Å². The molecule has 1 saturated carbocycles. The van der Waals surface area contributed by atoms with Gasteiger partial charge in [0, 0.05) is 35.8 Å². The number of fused-ring (bicyclic) bond motifs is 1. The summed E-state index contributed by atoms with van der Waals surface area (Å²) in [6.07, 6.45) is 4.74. The molecular formula is C19H27N3O2S. The summed E-state index contributed by atoms with van der Waals surface area (Å²) in [5.74, 6) is 0.376. The lowest BCUT2D eigenvalue weighted by atomic mass is 9.66. The number of carbonyl (C=O) groups is 2. The first-order valence-corrected chi connectivity index (χ1v) is 10.1. The Hall–Kier alpha value is -1.43. The van der Waals surface area contributed by atoms with Crippen LogP contribution in [0.3, 0.4) is 0 Å². The number of piperidine rings is 1. The summed E-state index contributed by atoms with van der Waals surface area (Å²) in [6.45, 7) is 8.67. The van der Waals surface area contributed by atoms with E-state index in [0.29, 0.717) is 19.0 Å². The molecule has 0 radical (unpaired) electrons. The molecule has 0 spiro atoms. The molecule has 3 aliphatic rings. The second kappa shape index (κ2) is 5.79. The van der Waals surface area contributed by atoms with Crippen molar-refractivity contribution in [3.05, 3.63) is 15.6 Å². The Bertz CT molecular complexity index is 730. The molecule has 136 valence electrons. The predicted molar refractivity (Wildman–Crippen MR) is 97.5 cm³/mol.